The van der Waals surface area contributed by atoms with E-state index in [-0.39, 0.29) is 23.6 Å². The number of fused-ring (bicyclic) bond motifs is 2. The fourth-order valence-electron chi connectivity index (χ4n) is 6.84. The number of likely N-dealkylation sites (tertiary alicyclic amines) is 1. The number of nitrogens with one attached hydrogen (secondary N) is 2. The first-order valence-corrected chi connectivity index (χ1v) is 15.1. The van der Waals surface area contributed by atoms with E-state index in [0.29, 0.717) is 44.6 Å². The number of aryl methyl sites for hydroxylation is 1. The highest BCUT2D eigenvalue weighted by atomic mass is 16.2. The molecule has 3 aromatic carbocycles. The molecule has 9 nitrogen and oxygen atoms in total. The van der Waals surface area contributed by atoms with Gasteiger partial charge in [0, 0.05) is 61.6 Å². The number of rotatable bonds is 6. The van der Waals surface area contributed by atoms with Crippen LogP contribution < -0.4 is 10.2 Å². The van der Waals surface area contributed by atoms with E-state index in [1.54, 1.807) is 6.20 Å². The predicted octanol–water partition coefficient (Wildman–Crippen LogP) is 4.25. The summed E-state index contributed by atoms with van der Waals surface area (Å²) in [5.41, 5.74) is 5.07. The molecule has 9 heteroatoms. The first-order chi connectivity index (χ1) is 20.9. The van der Waals surface area contributed by atoms with Crippen LogP contribution in [0.3, 0.4) is 0 Å². The minimum absolute atomic E-state index is 0.00955. The second-order valence-corrected chi connectivity index (χ2v) is 12.2. The van der Waals surface area contributed by atoms with Gasteiger partial charge < -0.3 is 20.0 Å². The van der Waals surface area contributed by atoms with Gasteiger partial charge >= 0.3 is 0 Å². The van der Waals surface area contributed by atoms with Crippen LogP contribution in [0.25, 0.3) is 10.9 Å². The Kier molecular flexibility index (Phi) is 6.88. The minimum Gasteiger partial charge on any atom is -0.368 e. The molecule has 3 heterocycles. The van der Waals surface area contributed by atoms with Crippen LogP contribution in [-0.4, -0.2) is 77.0 Å². The molecule has 220 valence electrons. The number of amides is 3. The standard InChI is InChI=1S/C34H36N6O3/c1-23-17-25(19-26-21-35-37-31(23)26)32(42)40-12-11-34(20-27(34)22-40)33(43)36-28-9-7-24(8-10-28)18-30(41)39-15-13-38(14-16-39)29-5-3-2-4-6-29/h2-10,17,19,21,27H,11-16,18,20,22H2,1H3,(H,35,37)(H,36,43). The van der Waals surface area contributed by atoms with E-state index < -0.39 is 5.41 Å². The number of aromatic nitrogens is 2. The maximum absolute atomic E-state index is 13.3. The van der Waals surface area contributed by atoms with Crippen LogP contribution in [0.15, 0.2) is 72.9 Å². The number of hydrogen-bond donors (Lipinski definition) is 2. The molecule has 0 bridgehead atoms. The summed E-state index contributed by atoms with van der Waals surface area (Å²) in [7, 11) is 0. The smallest absolute Gasteiger partial charge is 0.253 e. The van der Waals surface area contributed by atoms with Gasteiger partial charge in [0.05, 0.1) is 23.5 Å². The molecule has 2 N–H and O–H groups in total. The van der Waals surface area contributed by atoms with Crippen molar-refractivity contribution in [1.82, 2.24) is 20.0 Å². The van der Waals surface area contributed by atoms with Gasteiger partial charge in [-0.2, -0.15) is 5.10 Å². The second-order valence-electron chi connectivity index (χ2n) is 12.2. The quantitative estimate of drug-likeness (QED) is 0.357. The number of para-hydroxylation sites is 1. The molecule has 7 rings (SSSR count). The number of piperidine rings is 1. The Labute approximate surface area is 250 Å². The molecule has 0 spiro atoms. The average molecular weight is 577 g/mol. The summed E-state index contributed by atoms with van der Waals surface area (Å²) in [6.45, 7) is 6.22. The third kappa shape index (κ3) is 5.24. The van der Waals surface area contributed by atoms with Crippen LogP contribution in [0.4, 0.5) is 11.4 Å². The highest BCUT2D eigenvalue weighted by molar-refractivity contribution is 6.00. The van der Waals surface area contributed by atoms with Crippen molar-refractivity contribution in [3.8, 4) is 0 Å². The van der Waals surface area contributed by atoms with Crippen LogP contribution in [0, 0.1) is 18.3 Å². The number of piperazine rings is 1. The summed E-state index contributed by atoms with van der Waals surface area (Å²) in [6.07, 6.45) is 3.55. The molecule has 2 atom stereocenters. The van der Waals surface area contributed by atoms with Crippen molar-refractivity contribution in [1.29, 1.82) is 0 Å². The third-order valence-corrected chi connectivity index (χ3v) is 9.55. The van der Waals surface area contributed by atoms with Crippen molar-refractivity contribution < 1.29 is 14.4 Å². The number of carbonyl (C=O) groups excluding carboxylic acids is 3. The number of anilines is 2. The van der Waals surface area contributed by atoms with Crippen molar-refractivity contribution in [2.75, 3.05) is 49.5 Å². The number of carbonyl (C=O) groups is 3. The lowest BCUT2D eigenvalue weighted by Crippen LogP contribution is -2.49. The Hall–Kier alpha value is -4.66. The monoisotopic (exact) mass is 576 g/mol. The fraction of sp³-hybridized carbons (Fsp3) is 0.353. The SMILES string of the molecule is Cc1cc(C(=O)N2CCC3(C(=O)Nc4ccc(CC(=O)N5CCN(c6ccccc6)CC5)cc4)CC3C2)cc2cn[nH]c12. The van der Waals surface area contributed by atoms with Crippen molar-refractivity contribution in [3.63, 3.8) is 0 Å². The van der Waals surface area contributed by atoms with Crippen LogP contribution in [-0.2, 0) is 16.0 Å². The van der Waals surface area contributed by atoms with Crippen LogP contribution in [0.2, 0.25) is 0 Å². The van der Waals surface area contributed by atoms with Crippen molar-refractivity contribution >= 4 is 40.0 Å². The molecule has 0 radical (unpaired) electrons. The first kappa shape index (κ1) is 27.2. The zero-order valence-corrected chi connectivity index (χ0v) is 24.4. The molecule has 2 saturated heterocycles. The Morgan fingerprint density at radius 1 is 0.953 bits per heavy atom. The zero-order chi connectivity index (χ0) is 29.6. The van der Waals surface area contributed by atoms with Gasteiger partial charge in [0.2, 0.25) is 11.8 Å². The summed E-state index contributed by atoms with van der Waals surface area (Å²) < 4.78 is 0. The zero-order valence-electron chi connectivity index (χ0n) is 24.4. The third-order valence-electron chi connectivity index (χ3n) is 9.55. The van der Waals surface area contributed by atoms with Gasteiger partial charge in [0.15, 0.2) is 0 Å². The van der Waals surface area contributed by atoms with Gasteiger partial charge in [0.25, 0.3) is 5.91 Å². The van der Waals surface area contributed by atoms with E-state index in [9.17, 15) is 14.4 Å². The van der Waals surface area contributed by atoms with Gasteiger partial charge in [-0.3, -0.25) is 19.5 Å². The summed E-state index contributed by atoms with van der Waals surface area (Å²) in [4.78, 5) is 45.7. The summed E-state index contributed by atoms with van der Waals surface area (Å²) in [6, 6.07) is 21.7. The Morgan fingerprint density at radius 2 is 1.72 bits per heavy atom. The average Bonchev–Trinajstić information content (AvgIpc) is 3.60. The molecular formula is C34H36N6O3. The second kappa shape index (κ2) is 10.9. The topological polar surface area (TPSA) is 102 Å². The van der Waals surface area contributed by atoms with Gasteiger partial charge in [0.1, 0.15) is 0 Å². The van der Waals surface area contributed by atoms with E-state index in [1.165, 1.54) is 5.69 Å². The van der Waals surface area contributed by atoms with Crippen LogP contribution >= 0.6 is 0 Å². The molecule has 3 aliphatic rings. The Bertz CT molecular complexity index is 1680. The summed E-state index contributed by atoms with van der Waals surface area (Å²) >= 11 is 0. The van der Waals surface area contributed by atoms with Crippen molar-refractivity contribution in [2.24, 2.45) is 11.3 Å². The maximum Gasteiger partial charge on any atom is 0.253 e. The first-order valence-electron chi connectivity index (χ1n) is 15.1. The molecule has 1 aliphatic carbocycles. The number of nitrogens with zero attached hydrogens (tertiary/aromatic N) is 4. The highest BCUT2D eigenvalue weighted by Gasteiger charge is 2.62. The van der Waals surface area contributed by atoms with Gasteiger partial charge in [-0.05, 0) is 73.2 Å². The molecule has 1 saturated carbocycles. The van der Waals surface area contributed by atoms with E-state index in [2.05, 4.69) is 32.5 Å². The molecule has 2 unspecified atom stereocenters. The Balaban J connectivity index is 0.903. The Morgan fingerprint density at radius 3 is 2.47 bits per heavy atom. The molecular weight excluding hydrogens is 540 g/mol. The van der Waals surface area contributed by atoms with Crippen LogP contribution in [0.5, 0.6) is 0 Å². The lowest BCUT2D eigenvalue weighted by Gasteiger charge is -2.36. The predicted molar refractivity (Wildman–Crippen MR) is 166 cm³/mol. The number of hydrogen-bond acceptors (Lipinski definition) is 5. The van der Waals surface area contributed by atoms with Gasteiger partial charge in [-0.25, -0.2) is 0 Å². The molecule has 2 aliphatic heterocycles. The van der Waals surface area contributed by atoms with E-state index in [0.717, 1.165) is 47.2 Å². The fourth-order valence-corrected chi connectivity index (χ4v) is 6.84. The molecule has 1 aromatic heterocycles. The lowest BCUT2D eigenvalue weighted by atomic mass is 9.93. The minimum atomic E-state index is -0.405. The van der Waals surface area contributed by atoms with E-state index in [4.69, 9.17) is 0 Å². The van der Waals surface area contributed by atoms with Crippen molar-refractivity contribution in [2.45, 2.75) is 26.2 Å². The van der Waals surface area contributed by atoms with E-state index in [1.807, 2.05) is 71.3 Å². The molecule has 3 fully saturated rings. The summed E-state index contributed by atoms with van der Waals surface area (Å²) in [5.74, 6) is 0.337. The van der Waals surface area contributed by atoms with Crippen LogP contribution in [0.1, 0.15) is 34.3 Å². The molecule has 43 heavy (non-hydrogen) atoms. The lowest BCUT2D eigenvalue weighted by molar-refractivity contribution is -0.130. The molecule has 3 amide bonds. The maximum atomic E-state index is 13.3. The van der Waals surface area contributed by atoms with Crippen molar-refractivity contribution in [3.05, 3.63) is 89.6 Å². The number of benzene rings is 3. The highest BCUT2D eigenvalue weighted by Crippen LogP contribution is 2.58. The number of aromatic amines is 1. The van der Waals surface area contributed by atoms with E-state index >= 15 is 0 Å². The number of H-pyrrole nitrogens is 1. The largest absolute Gasteiger partial charge is 0.368 e. The van der Waals surface area contributed by atoms with Gasteiger partial charge in [-0.15, -0.1) is 0 Å². The molecule has 4 aromatic rings. The summed E-state index contributed by atoms with van der Waals surface area (Å²) in [5, 5.41) is 11.1. The van der Waals surface area contributed by atoms with Gasteiger partial charge in [-0.1, -0.05) is 30.3 Å². The normalized spacial score (nSPS) is 21.4.